The van der Waals surface area contributed by atoms with Gasteiger partial charge in [0.25, 0.3) is 0 Å². The smallest absolute Gasteiger partial charge is 0.234 e. The summed E-state index contributed by atoms with van der Waals surface area (Å²) in [6.07, 6.45) is 3.31. The molecule has 0 bridgehead atoms. The van der Waals surface area contributed by atoms with E-state index >= 15 is 0 Å². The van der Waals surface area contributed by atoms with Gasteiger partial charge in [0.15, 0.2) is 6.29 Å². The van der Waals surface area contributed by atoms with Crippen LogP contribution < -0.4 is 5.32 Å². The molecule has 1 aromatic heterocycles. The lowest BCUT2D eigenvalue weighted by atomic mass is 9.89. The van der Waals surface area contributed by atoms with Crippen LogP contribution in [-0.4, -0.2) is 27.9 Å². The Morgan fingerprint density at radius 2 is 2.20 bits per heavy atom. The summed E-state index contributed by atoms with van der Waals surface area (Å²) in [7, 11) is 1.78. The van der Waals surface area contributed by atoms with Gasteiger partial charge in [0, 0.05) is 30.6 Å². The molecule has 1 aromatic carbocycles. The van der Waals surface area contributed by atoms with Gasteiger partial charge in [0.1, 0.15) is 0 Å². The molecule has 1 fully saturated rings. The fourth-order valence-corrected chi connectivity index (χ4v) is 2.60. The number of nitrogens with one attached hydrogen (secondary N) is 1. The van der Waals surface area contributed by atoms with Crippen molar-refractivity contribution in [3.05, 3.63) is 29.5 Å². The number of nitrogens with zero attached hydrogens (tertiary/aromatic N) is 2. The van der Waals surface area contributed by atoms with Gasteiger partial charge in [0.05, 0.1) is 11.4 Å². The minimum atomic E-state index is -0.405. The summed E-state index contributed by atoms with van der Waals surface area (Å²) in [5.41, 5.74) is 1.91. The number of amides is 2. The number of rotatable bonds is 2. The van der Waals surface area contributed by atoms with Crippen molar-refractivity contribution in [2.75, 3.05) is 0 Å². The van der Waals surface area contributed by atoms with Gasteiger partial charge >= 0.3 is 0 Å². The van der Waals surface area contributed by atoms with Crippen LogP contribution in [0.5, 0.6) is 0 Å². The first-order valence-corrected chi connectivity index (χ1v) is 6.34. The topological polar surface area (TPSA) is 81.1 Å². The zero-order valence-corrected chi connectivity index (χ0v) is 10.9. The molecule has 2 aromatic rings. The zero-order valence-electron chi connectivity index (χ0n) is 10.9. The van der Waals surface area contributed by atoms with E-state index < -0.39 is 5.92 Å². The largest absolute Gasteiger partial charge is 0.298 e. The molecule has 0 radical (unpaired) electrons. The monoisotopic (exact) mass is 271 g/mol. The number of aryl methyl sites for hydroxylation is 1. The lowest BCUT2D eigenvalue weighted by molar-refractivity contribution is -0.134. The van der Waals surface area contributed by atoms with Crippen LogP contribution in [0.15, 0.2) is 18.3 Å². The number of hydrogen-bond acceptors (Lipinski definition) is 4. The van der Waals surface area contributed by atoms with Gasteiger partial charge < -0.3 is 0 Å². The van der Waals surface area contributed by atoms with Gasteiger partial charge in [-0.1, -0.05) is 0 Å². The maximum absolute atomic E-state index is 11.9. The predicted octanol–water partition coefficient (Wildman–Crippen LogP) is 0.906. The molecule has 1 atom stereocenters. The number of aromatic nitrogens is 2. The van der Waals surface area contributed by atoms with Crippen LogP contribution in [0.25, 0.3) is 10.9 Å². The number of carbonyl (C=O) groups is 3. The second kappa shape index (κ2) is 4.56. The molecule has 102 valence electrons. The molecule has 2 amide bonds. The van der Waals surface area contributed by atoms with Crippen LogP contribution in [0, 0.1) is 0 Å². The Morgan fingerprint density at radius 3 is 2.90 bits per heavy atom. The second-order valence-electron chi connectivity index (χ2n) is 4.97. The SMILES string of the molecule is Cn1cc2c(C=O)cc(C3CCC(=O)NC3=O)cc2n1. The van der Waals surface area contributed by atoms with Gasteiger partial charge in [-0.05, 0) is 24.1 Å². The maximum Gasteiger partial charge on any atom is 0.234 e. The standard InChI is InChI=1S/C14H13N3O3/c1-17-6-11-9(7-18)4-8(5-12(11)16-17)10-2-3-13(19)15-14(10)20/h4-7,10H,2-3H2,1H3,(H,15,19,20). The molecule has 3 rings (SSSR count). The van der Waals surface area contributed by atoms with Crippen molar-refractivity contribution in [1.82, 2.24) is 15.1 Å². The van der Waals surface area contributed by atoms with E-state index in [1.165, 1.54) is 0 Å². The predicted molar refractivity (Wildman–Crippen MR) is 71.2 cm³/mol. The summed E-state index contributed by atoms with van der Waals surface area (Å²) in [5.74, 6) is -0.966. The number of benzene rings is 1. The molecule has 0 aliphatic carbocycles. The molecule has 6 heteroatoms. The Bertz CT molecular complexity index is 733. The fourth-order valence-electron chi connectivity index (χ4n) is 2.60. The van der Waals surface area contributed by atoms with E-state index in [1.807, 2.05) is 6.07 Å². The lowest BCUT2D eigenvalue weighted by Crippen LogP contribution is -2.39. The van der Waals surface area contributed by atoms with Crippen LogP contribution in [0.1, 0.15) is 34.7 Å². The number of imide groups is 1. The second-order valence-corrected chi connectivity index (χ2v) is 4.97. The Kier molecular flexibility index (Phi) is 2.85. The van der Waals surface area contributed by atoms with Crippen LogP contribution in [0.4, 0.5) is 0 Å². The summed E-state index contributed by atoms with van der Waals surface area (Å²) < 4.78 is 1.63. The zero-order chi connectivity index (χ0) is 14.3. The van der Waals surface area contributed by atoms with E-state index in [1.54, 1.807) is 24.0 Å². The third-order valence-electron chi connectivity index (χ3n) is 3.56. The van der Waals surface area contributed by atoms with Crippen LogP contribution >= 0.6 is 0 Å². The highest BCUT2D eigenvalue weighted by molar-refractivity contribution is 6.02. The molecular formula is C14H13N3O3. The van der Waals surface area contributed by atoms with Gasteiger partial charge in [-0.15, -0.1) is 0 Å². The van der Waals surface area contributed by atoms with Gasteiger partial charge in [-0.2, -0.15) is 5.10 Å². The lowest BCUT2D eigenvalue weighted by Gasteiger charge is -2.21. The molecule has 1 aliphatic heterocycles. The summed E-state index contributed by atoms with van der Waals surface area (Å²) in [4.78, 5) is 34.3. The van der Waals surface area contributed by atoms with Crippen LogP contribution in [0.2, 0.25) is 0 Å². The van der Waals surface area contributed by atoms with Crippen molar-refractivity contribution in [3.8, 4) is 0 Å². The molecule has 1 aliphatic rings. The molecule has 1 unspecified atom stereocenters. The summed E-state index contributed by atoms with van der Waals surface area (Å²) in [5, 5.41) is 7.37. The first-order valence-electron chi connectivity index (χ1n) is 6.34. The summed E-state index contributed by atoms with van der Waals surface area (Å²) in [6.45, 7) is 0. The highest BCUT2D eigenvalue weighted by Gasteiger charge is 2.28. The number of hydrogen-bond donors (Lipinski definition) is 1. The van der Waals surface area contributed by atoms with Crippen molar-refractivity contribution in [2.24, 2.45) is 7.05 Å². The first-order chi connectivity index (χ1) is 9.58. The number of fused-ring (bicyclic) bond motifs is 1. The summed E-state index contributed by atoms with van der Waals surface area (Å²) in [6, 6.07) is 3.51. The molecule has 1 N–H and O–H groups in total. The molecule has 0 spiro atoms. The van der Waals surface area contributed by atoms with Gasteiger partial charge in [0.2, 0.25) is 11.8 Å². The maximum atomic E-state index is 11.9. The Labute approximate surface area is 114 Å². The molecular weight excluding hydrogens is 258 g/mol. The molecule has 20 heavy (non-hydrogen) atoms. The van der Waals surface area contributed by atoms with E-state index in [9.17, 15) is 14.4 Å². The molecule has 6 nitrogen and oxygen atoms in total. The molecule has 0 saturated carbocycles. The van der Waals surface area contributed by atoms with Crippen molar-refractivity contribution in [2.45, 2.75) is 18.8 Å². The highest BCUT2D eigenvalue weighted by atomic mass is 16.2. The minimum absolute atomic E-state index is 0.249. The van der Waals surface area contributed by atoms with E-state index in [-0.39, 0.29) is 11.8 Å². The van der Waals surface area contributed by atoms with E-state index in [0.29, 0.717) is 23.9 Å². The van der Waals surface area contributed by atoms with Gasteiger partial charge in [-0.3, -0.25) is 24.4 Å². The average Bonchev–Trinajstić information content (AvgIpc) is 2.77. The van der Waals surface area contributed by atoms with Crippen molar-refractivity contribution in [1.29, 1.82) is 0 Å². The van der Waals surface area contributed by atoms with Gasteiger partial charge in [-0.25, -0.2) is 0 Å². The number of aldehydes is 1. The average molecular weight is 271 g/mol. The van der Waals surface area contributed by atoms with Crippen molar-refractivity contribution < 1.29 is 14.4 Å². The van der Waals surface area contributed by atoms with Crippen LogP contribution in [-0.2, 0) is 16.6 Å². The van der Waals surface area contributed by atoms with E-state index in [4.69, 9.17) is 0 Å². The van der Waals surface area contributed by atoms with Crippen LogP contribution in [0.3, 0.4) is 0 Å². The molecule has 1 saturated heterocycles. The van der Waals surface area contributed by atoms with Crippen molar-refractivity contribution >= 4 is 29.0 Å². The molecule has 2 heterocycles. The van der Waals surface area contributed by atoms with E-state index in [0.717, 1.165) is 17.2 Å². The van der Waals surface area contributed by atoms with Crippen molar-refractivity contribution in [3.63, 3.8) is 0 Å². The first kappa shape index (κ1) is 12.5. The fraction of sp³-hybridized carbons (Fsp3) is 0.286. The summed E-state index contributed by atoms with van der Waals surface area (Å²) >= 11 is 0. The number of piperidine rings is 1. The Morgan fingerprint density at radius 1 is 1.40 bits per heavy atom. The van der Waals surface area contributed by atoms with E-state index in [2.05, 4.69) is 10.4 Å². The third kappa shape index (κ3) is 1.99. The quantitative estimate of drug-likeness (QED) is 0.650. The minimum Gasteiger partial charge on any atom is -0.298 e. The Balaban J connectivity index is 2.09. The number of carbonyl (C=O) groups excluding carboxylic acids is 3. The third-order valence-corrected chi connectivity index (χ3v) is 3.56. The Hall–Kier alpha value is -2.50. The normalized spacial score (nSPS) is 19.1. The highest BCUT2D eigenvalue weighted by Crippen LogP contribution is 2.29.